The lowest BCUT2D eigenvalue weighted by atomic mass is 9.90. The highest BCUT2D eigenvalue weighted by Gasteiger charge is 2.29. The number of ether oxygens (including phenoxy) is 1. The minimum absolute atomic E-state index is 0.0228. The maximum Gasteiger partial charge on any atom is 0.358 e. The van der Waals surface area contributed by atoms with Gasteiger partial charge >= 0.3 is 5.97 Å². The van der Waals surface area contributed by atoms with Crippen molar-refractivity contribution in [2.45, 2.75) is 32.7 Å². The van der Waals surface area contributed by atoms with Gasteiger partial charge in [-0.3, -0.25) is 0 Å². The van der Waals surface area contributed by atoms with Crippen LogP contribution in [-0.4, -0.2) is 38.2 Å². The lowest BCUT2D eigenvalue weighted by Crippen LogP contribution is -2.22. The molecule has 0 unspecified atom stereocenters. The molecule has 0 bridgehead atoms. The number of pyridine rings is 1. The van der Waals surface area contributed by atoms with Gasteiger partial charge in [-0.15, -0.1) is 5.10 Å². The third kappa shape index (κ3) is 3.18. The Hall–Kier alpha value is -2.44. The fraction of sp³-hybridized carbons (Fsp3) is 0.429. The van der Waals surface area contributed by atoms with Crippen molar-refractivity contribution >= 4 is 5.97 Å². The second-order valence-corrected chi connectivity index (χ2v) is 5.67. The molecule has 0 amide bonds. The van der Waals surface area contributed by atoms with E-state index in [-0.39, 0.29) is 5.69 Å². The highest BCUT2D eigenvalue weighted by Crippen LogP contribution is 2.25. The lowest BCUT2D eigenvalue weighted by molar-refractivity contribution is 0.0687. The molecule has 0 spiro atoms. The molecule has 0 aromatic carbocycles. The number of hydrogen-bond donors (Lipinski definition) is 1. The first-order chi connectivity index (χ1) is 9.82. The van der Waals surface area contributed by atoms with E-state index in [4.69, 9.17) is 4.74 Å². The van der Waals surface area contributed by atoms with Gasteiger partial charge in [0.25, 0.3) is 0 Å². The zero-order chi connectivity index (χ0) is 15.6. The monoisotopic (exact) mass is 290 g/mol. The molecule has 0 saturated heterocycles. The van der Waals surface area contributed by atoms with Gasteiger partial charge in [-0.05, 0) is 6.07 Å². The number of carboxylic acids is 1. The maximum atomic E-state index is 11.3. The zero-order valence-electron chi connectivity index (χ0n) is 12.5. The molecule has 1 N–H and O–H groups in total. The van der Waals surface area contributed by atoms with Crippen molar-refractivity contribution in [3.63, 3.8) is 0 Å². The molecule has 2 rings (SSSR count). The largest absolute Gasteiger partial charge is 0.481 e. The summed E-state index contributed by atoms with van der Waals surface area (Å²) < 4.78 is 6.66. The summed E-state index contributed by atoms with van der Waals surface area (Å²) in [5.41, 5.74) is 0.877. The van der Waals surface area contributed by atoms with Crippen molar-refractivity contribution in [2.24, 2.45) is 0 Å². The predicted molar refractivity (Wildman–Crippen MR) is 75.6 cm³/mol. The average molecular weight is 290 g/mol. The zero-order valence-corrected chi connectivity index (χ0v) is 12.5. The Morgan fingerprint density at radius 2 is 2.10 bits per heavy atom. The molecule has 7 heteroatoms. The van der Waals surface area contributed by atoms with E-state index in [1.807, 2.05) is 32.9 Å². The summed E-state index contributed by atoms with van der Waals surface area (Å²) in [5, 5.41) is 17.0. The van der Waals surface area contributed by atoms with Crippen LogP contribution >= 0.6 is 0 Å². The van der Waals surface area contributed by atoms with Gasteiger partial charge in [-0.2, -0.15) is 0 Å². The molecule has 0 fully saturated rings. The van der Waals surface area contributed by atoms with E-state index in [2.05, 4.69) is 15.3 Å². The first-order valence-electron chi connectivity index (χ1n) is 6.50. The van der Waals surface area contributed by atoms with Crippen molar-refractivity contribution < 1.29 is 14.6 Å². The summed E-state index contributed by atoms with van der Waals surface area (Å²) in [4.78, 5) is 15.6. The first-order valence-corrected chi connectivity index (χ1v) is 6.50. The van der Waals surface area contributed by atoms with E-state index >= 15 is 0 Å². The molecule has 7 nitrogen and oxygen atoms in total. The molecule has 2 heterocycles. The van der Waals surface area contributed by atoms with Crippen molar-refractivity contribution in [3.8, 4) is 5.88 Å². The number of aromatic carboxylic acids is 1. The molecule has 0 radical (unpaired) electrons. The van der Waals surface area contributed by atoms with Crippen LogP contribution in [0.3, 0.4) is 0 Å². The fourth-order valence-corrected chi connectivity index (χ4v) is 2.12. The number of aromatic nitrogens is 4. The Morgan fingerprint density at radius 1 is 1.38 bits per heavy atom. The Balaban J connectivity index is 2.42. The van der Waals surface area contributed by atoms with E-state index < -0.39 is 11.4 Å². The Morgan fingerprint density at radius 3 is 2.67 bits per heavy atom. The Labute approximate surface area is 122 Å². The Bertz CT molecular complexity index is 658. The van der Waals surface area contributed by atoms with E-state index in [0.717, 1.165) is 5.69 Å². The van der Waals surface area contributed by atoms with Crippen LogP contribution in [0.5, 0.6) is 5.88 Å². The molecule has 112 valence electrons. The van der Waals surface area contributed by atoms with Crippen molar-refractivity contribution in [2.75, 3.05) is 7.11 Å². The molecule has 0 aliphatic rings. The molecule has 0 aliphatic carbocycles. The number of hydrogen-bond acceptors (Lipinski definition) is 5. The second kappa shape index (κ2) is 5.51. The van der Waals surface area contributed by atoms with Crippen LogP contribution in [0.2, 0.25) is 0 Å². The van der Waals surface area contributed by atoms with Crippen LogP contribution in [0.15, 0.2) is 18.2 Å². The standard InChI is InChI=1S/C14H18N4O3/c1-14(2,3)12-11(13(19)20)16-17-18(12)8-9-6-5-7-10(15-9)21-4/h5-7H,8H2,1-4H3,(H,19,20). The van der Waals surface area contributed by atoms with Gasteiger partial charge in [0.05, 0.1) is 25.0 Å². The Kier molecular flexibility index (Phi) is 3.93. The normalized spacial score (nSPS) is 11.4. The molecular weight excluding hydrogens is 272 g/mol. The van der Waals surface area contributed by atoms with Crippen LogP contribution in [-0.2, 0) is 12.0 Å². The van der Waals surface area contributed by atoms with E-state index in [9.17, 15) is 9.90 Å². The molecule has 2 aromatic rings. The number of carbonyl (C=O) groups is 1. The SMILES string of the molecule is COc1cccc(Cn2nnc(C(=O)O)c2C(C)(C)C)n1. The van der Waals surface area contributed by atoms with Gasteiger partial charge < -0.3 is 9.84 Å². The van der Waals surface area contributed by atoms with Crippen molar-refractivity contribution in [1.82, 2.24) is 20.0 Å². The van der Waals surface area contributed by atoms with Crippen LogP contribution < -0.4 is 4.74 Å². The first kappa shape index (κ1) is 15.0. The number of carboxylic acid groups (broad SMARTS) is 1. The summed E-state index contributed by atoms with van der Waals surface area (Å²) in [6.07, 6.45) is 0. The van der Waals surface area contributed by atoms with Crippen LogP contribution in [0, 0.1) is 0 Å². The second-order valence-electron chi connectivity index (χ2n) is 5.67. The van der Waals surface area contributed by atoms with Gasteiger partial charge in [0, 0.05) is 11.5 Å². The summed E-state index contributed by atoms with van der Waals surface area (Å²) >= 11 is 0. The molecule has 0 saturated carbocycles. The number of nitrogens with zero attached hydrogens (tertiary/aromatic N) is 4. The smallest absolute Gasteiger partial charge is 0.358 e. The van der Waals surface area contributed by atoms with E-state index in [1.165, 1.54) is 0 Å². The quantitative estimate of drug-likeness (QED) is 0.922. The fourth-order valence-electron chi connectivity index (χ4n) is 2.12. The highest BCUT2D eigenvalue weighted by atomic mass is 16.5. The van der Waals surface area contributed by atoms with Crippen molar-refractivity contribution in [1.29, 1.82) is 0 Å². The minimum atomic E-state index is -1.08. The van der Waals surface area contributed by atoms with Gasteiger partial charge in [0.1, 0.15) is 0 Å². The third-order valence-electron chi connectivity index (χ3n) is 2.95. The summed E-state index contributed by atoms with van der Waals surface area (Å²) in [7, 11) is 1.55. The van der Waals surface area contributed by atoms with Gasteiger partial charge in [-0.25, -0.2) is 14.5 Å². The maximum absolute atomic E-state index is 11.3. The third-order valence-corrected chi connectivity index (χ3v) is 2.95. The average Bonchev–Trinajstić information content (AvgIpc) is 2.83. The molecule has 2 aromatic heterocycles. The lowest BCUT2D eigenvalue weighted by Gasteiger charge is -2.20. The topological polar surface area (TPSA) is 90.1 Å². The number of methoxy groups -OCH3 is 1. The molecule has 21 heavy (non-hydrogen) atoms. The minimum Gasteiger partial charge on any atom is -0.481 e. The van der Waals surface area contributed by atoms with Crippen LogP contribution in [0.25, 0.3) is 0 Å². The summed E-state index contributed by atoms with van der Waals surface area (Å²) in [5.74, 6) is -0.576. The van der Waals surface area contributed by atoms with E-state index in [0.29, 0.717) is 18.1 Å². The molecule has 0 aliphatic heterocycles. The van der Waals surface area contributed by atoms with Crippen LogP contribution in [0.1, 0.15) is 42.6 Å². The summed E-state index contributed by atoms with van der Waals surface area (Å²) in [6, 6.07) is 5.40. The van der Waals surface area contributed by atoms with Gasteiger partial charge in [-0.1, -0.05) is 32.1 Å². The predicted octanol–water partition coefficient (Wildman–Crippen LogP) is 1.73. The van der Waals surface area contributed by atoms with Gasteiger partial charge in [0.2, 0.25) is 5.88 Å². The molecule has 0 atom stereocenters. The summed E-state index contributed by atoms with van der Waals surface area (Å²) in [6.45, 7) is 6.11. The molecular formula is C14H18N4O3. The highest BCUT2D eigenvalue weighted by molar-refractivity contribution is 5.86. The van der Waals surface area contributed by atoms with E-state index in [1.54, 1.807) is 17.9 Å². The van der Waals surface area contributed by atoms with Gasteiger partial charge in [0.15, 0.2) is 5.69 Å². The number of rotatable bonds is 4. The van der Waals surface area contributed by atoms with Crippen molar-refractivity contribution in [3.05, 3.63) is 35.3 Å². The van der Waals surface area contributed by atoms with Crippen LogP contribution in [0.4, 0.5) is 0 Å².